The first-order valence-corrected chi connectivity index (χ1v) is 11.1. The average molecular weight is 466 g/mol. The molecular formula is C24H23N3O5S. The largest absolute Gasteiger partial charge is 0.479 e. The maximum Gasteiger partial charge on any atom is 0.337 e. The molecule has 1 unspecified atom stereocenters. The van der Waals surface area contributed by atoms with Crippen LogP contribution < -0.4 is 15.0 Å². The number of aromatic nitrogens is 1. The number of anilines is 2. The van der Waals surface area contributed by atoms with Gasteiger partial charge in [0.05, 0.1) is 29.1 Å². The Labute approximate surface area is 195 Å². The van der Waals surface area contributed by atoms with Crippen molar-refractivity contribution in [2.75, 3.05) is 23.9 Å². The molecule has 170 valence electrons. The summed E-state index contributed by atoms with van der Waals surface area (Å²) >= 11 is 1.60. The van der Waals surface area contributed by atoms with Crippen LogP contribution in [0.15, 0.2) is 42.5 Å². The van der Waals surface area contributed by atoms with E-state index in [2.05, 4.69) is 15.0 Å². The molecule has 0 saturated carbocycles. The van der Waals surface area contributed by atoms with Gasteiger partial charge in [-0.2, -0.15) is 0 Å². The number of esters is 1. The number of ether oxygens (including phenoxy) is 2. The van der Waals surface area contributed by atoms with Gasteiger partial charge >= 0.3 is 5.97 Å². The number of carbonyl (C=O) groups excluding carboxylic acids is 3. The lowest BCUT2D eigenvalue weighted by atomic mass is 10.1. The number of hydrogen-bond donors (Lipinski definition) is 1. The highest BCUT2D eigenvalue weighted by Gasteiger charge is 2.33. The van der Waals surface area contributed by atoms with Crippen molar-refractivity contribution in [1.82, 2.24) is 4.98 Å². The van der Waals surface area contributed by atoms with E-state index in [1.54, 1.807) is 48.6 Å². The third kappa shape index (κ3) is 4.58. The van der Waals surface area contributed by atoms with Gasteiger partial charge in [0.15, 0.2) is 6.10 Å². The average Bonchev–Trinajstić information content (AvgIpc) is 3.14. The Morgan fingerprint density at radius 3 is 2.55 bits per heavy atom. The molecule has 2 heterocycles. The van der Waals surface area contributed by atoms with Crippen molar-refractivity contribution in [1.29, 1.82) is 0 Å². The zero-order chi connectivity index (χ0) is 23.7. The van der Waals surface area contributed by atoms with Crippen molar-refractivity contribution in [3.05, 3.63) is 57.9 Å². The lowest BCUT2D eigenvalue weighted by Crippen LogP contribution is -2.47. The van der Waals surface area contributed by atoms with E-state index in [1.807, 2.05) is 26.0 Å². The summed E-state index contributed by atoms with van der Waals surface area (Å²) in [5.74, 6) is -0.605. The van der Waals surface area contributed by atoms with E-state index in [1.165, 1.54) is 12.0 Å². The van der Waals surface area contributed by atoms with Crippen LogP contribution in [0, 0.1) is 13.8 Å². The summed E-state index contributed by atoms with van der Waals surface area (Å²) in [6.07, 6.45) is -0.709. The summed E-state index contributed by atoms with van der Waals surface area (Å²) in [5.41, 5.74) is 3.11. The molecular weight excluding hydrogens is 442 g/mol. The minimum atomic E-state index is -0.709. The predicted octanol–water partition coefficient (Wildman–Crippen LogP) is 3.97. The fourth-order valence-electron chi connectivity index (χ4n) is 3.67. The zero-order valence-electron chi connectivity index (χ0n) is 18.7. The molecule has 9 heteroatoms. The van der Waals surface area contributed by atoms with E-state index in [-0.39, 0.29) is 18.4 Å². The molecule has 3 aromatic rings. The van der Waals surface area contributed by atoms with Gasteiger partial charge in [0.25, 0.3) is 5.91 Å². The number of nitrogens with zero attached hydrogens (tertiary/aromatic N) is 2. The Bertz CT molecular complexity index is 1240. The van der Waals surface area contributed by atoms with Crippen LogP contribution >= 0.6 is 11.3 Å². The van der Waals surface area contributed by atoms with E-state index in [0.717, 1.165) is 21.1 Å². The van der Waals surface area contributed by atoms with Gasteiger partial charge in [0.2, 0.25) is 5.91 Å². The molecule has 0 aliphatic carbocycles. The molecule has 1 aliphatic heterocycles. The van der Waals surface area contributed by atoms with Gasteiger partial charge < -0.3 is 14.8 Å². The number of amides is 2. The van der Waals surface area contributed by atoms with Crippen LogP contribution in [0.1, 0.15) is 27.2 Å². The number of thiazole rings is 1. The number of fused-ring (bicyclic) bond motifs is 1. The van der Waals surface area contributed by atoms with Crippen LogP contribution in [0.3, 0.4) is 0 Å². The number of methoxy groups -OCH3 is 1. The number of nitrogens with one attached hydrogen (secondary N) is 1. The van der Waals surface area contributed by atoms with Gasteiger partial charge in [0, 0.05) is 16.1 Å². The van der Waals surface area contributed by atoms with Gasteiger partial charge in [-0.3, -0.25) is 14.5 Å². The molecule has 1 aromatic heterocycles. The molecule has 1 aliphatic rings. The first kappa shape index (κ1) is 22.5. The summed E-state index contributed by atoms with van der Waals surface area (Å²) in [6, 6.07) is 11.9. The lowest BCUT2D eigenvalue weighted by Gasteiger charge is -2.33. The monoisotopic (exact) mass is 465 g/mol. The van der Waals surface area contributed by atoms with Crippen molar-refractivity contribution < 1.29 is 23.9 Å². The van der Waals surface area contributed by atoms with E-state index >= 15 is 0 Å². The molecule has 0 spiro atoms. The number of hydrogen-bond acceptors (Lipinski definition) is 7. The molecule has 0 bridgehead atoms. The minimum absolute atomic E-state index is 0.184. The highest BCUT2D eigenvalue weighted by molar-refractivity contribution is 7.11. The van der Waals surface area contributed by atoms with Gasteiger partial charge in [-0.15, -0.1) is 11.3 Å². The second-order valence-corrected chi connectivity index (χ2v) is 9.03. The molecule has 0 saturated heterocycles. The van der Waals surface area contributed by atoms with Gasteiger partial charge in [0.1, 0.15) is 12.3 Å². The predicted molar refractivity (Wildman–Crippen MR) is 126 cm³/mol. The normalized spacial score (nSPS) is 15.0. The maximum absolute atomic E-state index is 12.9. The van der Waals surface area contributed by atoms with Crippen molar-refractivity contribution in [2.45, 2.75) is 26.9 Å². The first-order valence-electron chi connectivity index (χ1n) is 10.3. The Morgan fingerprint density at radius 2 is 1.91 bits per heavy atom. The van der Waals surface area contributed by atoms with E-state index in [0.29, 0.717) is 22.7 Å². The van der Waals surface area contributed by atoms with Crippen molar-refractivity contribution in [3.63, 3.8) is 0 Å². The van der Waals surface area contributed by atoms with Crippen LogP contribution in [0.25, 0.3) is 11.3 Å². The van der Waals surface area contributed by atoms with Crippen LogP contribution in [0.5, 0.6) is 5.75 Å². The quantitative estimate of drug-likeness (QED) is 0.573. The van der Waals surface area contributed by atoms with Crippen LogP contribution in [-0.2, 0) is 14.3 Å². The fraction of sp³-hybridized carbons (Fsp3) is 0.250. The second kappa shape index (κ2) is 9.03. The highest BCUT2D eigenvalue weighted by Crippen LogP contribution is 2.38. The first-order chi connectivity index (χ1) is 15.8. The summed E-state index contributed by atoms with van der Waals surface area (Å²) < 4.78 is 10.4. The number of carbonyl (C=O) groups is 3. The van der Waals surface area contributed by atoms with Crippen molar-refractivity contribution >= 4 is 40.5 Å². The second-order valence-electron chi connectivity index (χ2n) is 7.62. The molecule has 0 radical (unpaired) electrons. The molecule has 1 atom stereocenters. The van der Waals surface area contributed by atoms with E-state index < -0.39 is 12.1 Å². The summed E-state index contributed by atoms with van der Waals surface area (Å²) in [6.45, 7) is 5.42. The molecule has 33 heavy (non-hydrogen) atoms. The SMILES string of the molecule is COC(=O)c1ccc(NC(=O)CN2C(=O)C(C)Oc3ccc(-c4nc(C)sc4C)cc32)cc1. The molecule has 0 fully saturated rings. The number of aryl methyl sites for hydroxylation is 2. The fourth-order valence-corrected chi connectivity index (χ4v) is 4.51. The summed E-state index contributed by atoms with van der Waals surface area (Å²) in [7, 11) is 1.30. The minimum Gasteiger partial charge on any atom is -0.479 e. The smallest absolute Gasteiger partial charge is 0.337 e. The molecule has 8 nitrogen and oxygen atoms in total. The Morgan fingerprint density at radius 1 is 1.18 bits per heavy atom. The highest BCUT2D eigenvalue weighted by atomic mass is 32.1. The van der Waals surface area contributed by atoms with Gasteiger partial charge in [-0.25, -0.2) is 9.78 Å². The standard InChI is InChI=1S/C24H23N3O5S/c1-13-23(29)27(12-21(28)26-18-8-5-16(6-9-18)24(30)31-4)19-11-17(7-10-20(19)32-13)22-14(2)33-15(3)25-22/h5-11,13H,12H2,1-4H3,(H,26,28). The number of benzene rings is 2. The van der Waals surface area contributed by atoms with Crippen molar-refractivity contribution in [2.24, 2.45) is 0 Å². The maximum atomic E-state index is 12.9. The molecule has 4 rings (SSSR count). The topological polar surface area (TPSA) is 97.8 Å². The Kier molecular flexibility index (Phi) is 6.15. The van der Waals surface area contributed by atoms with Crippen LogP contribution in [-0.4, -0.2) is 42.5 Å². The van der Waals surface area contributed by atoms with Gasteiger partial charge in [-0.1, -0.05) is 0 Å². The third-order valence-corrected chi connectivity index (χ3v) is 6.12. The van der Waals surface area contributed by atoms with E-state index in [4.69, 9.17) is 4.74 Å². The van der Waals surface area contributed by atoms with Gasteiger partial charge in [-0.05, 0) is 63.2 Å². The zero-order valence-corrected chi connectivity index (χ0v) is 19.5. The van der Waals surface area contributed by atoms with Crippen molar-refractivity contribution in [3.8, 4) is 17.0 Å². The summed E-state index contributed by atoms with van der Waals surface area (Å²) in [5, 5.41) is 3.72. The van der Waals surface area contributed by atoms with E-state index in [9.17, 15) is 14.4 Å². The van der Waals surface area contributed by atoms with Crippen LogP contribution in [0.2, 0.25) is 0 Å². The molecule has 2 aromatic carbocycles. The number of rotatable bonds is 5. The third-order valence-electron chi connectivity index (χ3n) is 5.24. The molecule has 1 N–H and O–H groups in total. The molecule has 2 amide bonds. The summed E-state index contributed by atoms with van der Waals surface area (Å²) in [4.78, 5) is 44.4. The lowest BCUT2D eigenvalue weighted by molar-refractivity contribution is -0.127. The Hall–Kier alpha value is -3.72. The Balaban J connectivity index is 1.58. The van der Waals surface area contributed by atoms with Crippen LogP contribution in [0.4, 0.5) is 11.4 Å².